The number of nitrogen functional groups attached to an aromatic ring is 1. The van der Waals surface area contributed by atoms with E-state index in [-0.39, 0.29) is 34.6 Å². The molecule has 0 aliphatic carbocycles. The molecule has 5 heterocycles. The maximum absolute atomic E-state index is 13.2. The predicted octanol–water partition coefficient (Wildman–Crippen LogP) is 0.338. The molecule has 1 unspecified atom stereocenters. The van der Waals surface area contributed by atoms with E-state index in [9.17, 15) is 19.5 Å². The van der Waals surface area contributed by atoms with Crippen LogP contribution in [0.15, 0.2) is 56.5 Å². The number of thiazole rings is 1. The van der Waals surface area contributed by atoms with Crippen molar-refractivity contribution in [3.63, 3.8) is 0 Å². The van der Waals surface area contributed by atoms with Gasteiger partial charge in [0.1, 0.15) is 34.8 Å². The van der Waals surface area contributed by atoms with E-state index in [0.717, 1.165) is 11.3 Å². The highest BCUT2D eigenvalue weighted by Crippen LogP contribution is 2.41. The van der Waals surface area contributed by atoms with Gasteiger partial charge in [0.05, 0.1) is 6.54 Å². The summed E-state index contributed by atoms with van der Waals surface area (Å²) in [5.74, 6) is -1.97. The number of fused-ring (bicyclic) bond motifs is 1. The highest BCUT2D eigenvalue weighted by Gasteiger charge is 2.54. The molecule has 1 saturated heterocycles. The minimum absolute atomic E-state index is 0.0744. The molecule has 2 amide bonds. The van der Waals surface area contributed by atoms with Crippen LogP contribution in [0.5, 0.6) is 0 Å². The fourth-order valence-electron chi connectivity index (χ4n) is 3.77. The number of hydrogen-bond donors (Lipinski definition) is 3. The third-order valence-corrected chi connectivity index (χ3v) is 8.61. The van der Waals surface area contributed by atoms with Gasteiger partial charge in [-0.05, 0) is 16.0 Å². The van der Waals surface area contributed by atoms with Crippen molar-refractivity contribution >= 4 is 63.5 Å². The Labute approximate surface area is 237 Å². The molecule has 1 fully saturated rings. The van der Waals surface area contributed by atoms with Crippen LogP contribution in [-0.4, -0.2) is 86.8 Å². The molecule has 0 bridgehead atoms. The molecule has 40 heavy (non-hydrogen) atoms. The first-order valence-electron chi connectivity index (χ1n) is 11.4. The van der Waals surface area contributed by atoms with Crippen LogP contribution in [0.4, 0.5) is 5.13 Å². The molecule has 208 valence electrons. The van der Waals surface area contributed by atoms with Crippen molar-refractivity contribution < 1.29 is 28.9 Å². The number of carbonyl (C=O) groups excluding carboxylic acids is 2. The molecule has 0 aromatic carbocycles. The van der Waals surface area contributed by atoms with Crippen LogP contribution in [-0.2, 0) is 32.4 Å². The van der Waals surface area contributed by atoms with Crippen LogP contribution in [0.3, 0.4) is 0 Å². The number of tetrazole rings is 1. The Morgan fingerprint density at radius 3 is 3.00 bits per heavy atom. The van der Waals surface area contributed by atoms with Gasteiger partial charge >= 0.3 is 5.97 Å². The Hall–Kier alpha value is -4.23. The summed E-state index contributed by atoms with van der Waals surface area (Å²) in [6.45, 7) is 3.98. The maximum Gasteiger partial charge on any atom is 0.352 e. The van der Waals surface area contributed by atoms with Crippen molar-refractivity contribution in [3.05, 3.63) is 53.0 Å². The summed E-state index contributed by atoms with van der Waals surface area (Å²) in [7, 11) is 0. The Morgan fingerprint density at radius 2 is 2.30 bits per heavy atom. The third kappa shape index (κ3) is 5.56. The number of carbonyl (C=O) groups is 3. The standard InChI is InChI=1S/C21H20N10O6S3/c1-2-4-30-21(25-28-29-30)40-8-10-7-38-18-14(17(33)31(18)15(10)19(34)35)24-16(32)13(12-9-39-20(22)23-12)27-37-6-11-3-5-36-26-11/h2-3,5,9,14,18H,1,4,6-8H2,(H2,22,23)(H,24,32)(H,34,35)/t14?,18-/m0/s1. The topological polar surface area (TPSA) is 217 Å². The smallest absolute Gasteiger partial charge is 0.352 e. The minimum atomic E-state index is -1.24. The van der Waals surface area contributed by atoms with Crippen LogP contribution in [0.2, 0.25) is 0 Å². The molecule has 19 heteroatoms. The lowest BCUT2D eigenvalue weighted by Crippen LogP contribution is -2.71. The van der Waals surface area contributed by atoms with Crippen LogP contribution in [0.1, 0.15) is 11.4 Å². The fraction of sp³-hybridized carbons (Fsp3) is 0.286. The highest BCUT2D eigenvalue weighted by molar-refractivity contribution is 8.01. The molecular weight excluding hydrogens is 584 g/mol. The Bertz CT molecular complexity index is 1500. The van der Waals surface area contributed by atoms with Gasteiger partial charge in [-0.2, -0.15) is 0 Å². The number of aromatic nitrogens is 6. The van der Waals surface area contributed by atoms with E-state index in [1.165, 1.54) is 44.7 Å². The number of β-lactam (4-membered cyclic amide) rings is 1. The number of nitrogens with one attached hydrogen (secondary N) is 1. The Balaban J connectivity index is 1.29. The summed E-state index contributed by atoms with van der Waals surface area (Å²) in [5.41, 5.74) is 6.54. The second kappa shape index (κ2) is 11.9. The van der Waals surface area contributed by atoms with Crippen molar-refractivity contribution in [2.24, 2.45) is 5.16 Å². The van der Waals surface area contributed by atoms with E-state index < -0.39 is 29.2 Å². The zero-order valence-corrected chi connectivity index (χ0v) is 22.8. The number of anilines is 1. The zero-order chi connectivity index (χ0) is 28.2. The summed E-state index contributed by atoms with van der Waals surface area (Å²) >= 11 is 3.69. The molecule has 2 atom stereocenters. The summed E-state index contributed by atoms with van der Waals surface area (Å²) in [6, 6.07) is 0.583. The van der Waals surface area contributed by atoms with Crippen molar-refractivity contribution in [2.75, 3.05) is 17.2 Å². The van der Waals surface area contributed by atoms with Gasteiger partial charge in [0.2, 0.25) is 5.16 Å². The van der Waals surface area contributed by atoms with Crippen LogP contribution in [0, 0.1) is 0 Å². The first-order valence-corrected chi connectivity index (χ1v) is 14.3. The molecule has 2 aliphatic rings. The maximum atomic E-state index is 13.2. The highest BCUT2D eigenvalue weighted by atomic mass is 32.2. The number of thioether (sulfide) groups is 2. The normalized spacial score (nSPS) is 18.8. The summed E-state index contributed by atoms with van der Waals surface area (Å²) < 4.78 is 6.27. The van der Waals surface area contributed by atoms with Gasteiger partial charge in [0.15, 0.2) is 17.5 Å². The molecule has 0 radical (unpaired) electrons. The van der Waals surface area contributed by atoms with E-state index >= 15 is 0 Å². The van der Waals surface area contributed by atoms with Crippen LogP contribution >= 0.6 is 34.9 Å². The number of nitrogens with two attached hydrogens (primary N) is 1. The molecule has 4 N–H and O–H groups in total. The number of nitrogens with zero attached hydrogens (tertiary/aromatic N) is 8. The first-order chi connectivity index (χ1) is 19.4. The van der Waals surface area contributed by atoms with Gasteiger partial charge < -0.3 is 25.5 Å². The van der Waals surface area contributed by atoms with Gasteiger partial charge in [-0.15, -0.1) is 34.8 Å². The van der Waals surface area contributed by atoms with Crippen molar-refractivity contribution in [1.82, 2.24) is 40.6 Å². The quantitative estimate of drug-likeness (QED) is 0.0835. The number of aliphatic carboxylic acids is 1. The molecular formula is C21H20N10O6S3. The van der Waals surface area contributed by atoms with E-state index in [2.05, 4.69) is 42.7 Å². The molecule has 16 nitrogen and oxygen atoms in total. The third-order valence-electron chi connectivity index (χ3n) is 5.55. The lowest BCUT2D eigenvalue weighted by atomic mass is 10.0. The van der Waals surface area contributed by atoms with Crippen LogP contribution in [0.25, 0.3) is 0 Å². The average Bonchev–Trinajstić information content (AvgIpc) is 3.71. The second-order valence-electron chi connectivity index (χ2n) is 8.11. The molecule has 0 saturated carbocycles. The largest absolute Gasteiger partial charge is 0.477 e. The average molecular weight is 605 g/mol. The van der Waals surface area contributed by atoms with E-state index in [4.69, 9.17) is 15.1 Å². The molecule has 3 aromatic heterocycles. The van der Waals surface area contributed by atoms with Gasteiger partial charge in [0, 0.05) is 23.0 Å². The number of rotatable bonds is 12. The van der Waals surface area contributed by atoms with Crippen LogP contribution < -0.4 is 11.1 Å². The summed E-state index contributed by atoms with van der Waals surface area (Å²) in [6.07, 6.45) is 3.00. The SMILES string of the molecule is C=CCn1nnnc1SCC1=C(C(=O)O)N2C(=O)C(NC(=O)C(=NOCc3ccon3)c3csc(N)n3)[C@@H]2SC1. The Kier molecular flexibility index (Phi) is 8.12. The lowest BCUT2D eigenvalue weighted by molar-refractivity contribution is -0.150. The van der Waals surface area contributed by atoms with Gasteiger partial charge in [-0.1, -0.05) is 28.2 Å². The summed E-state index contributed by atoms with van der Waals surface area (Å²) in [4.78, 5) is 49.0. The first kappa shape index (κ1) is 27.3. The lowest BCUT2D eigenvalue weighted by Gasteiger charge is -2.49. The monoisotopic (exact) mass is 604 g/mol. The molecule has 2 aliphatic heterocycles. The van der Waals surface area contributed by atoms with Gasteiger partial charge in [-0.3, -0.25) is 14.5 Å². The Morgan fingerprint density at radius 1 is 1.45 bits per heavy atom. The van der Waals surface area contributed by atoms with E-state index in [1.54, 1.807) is 12.1 Å². The molecule has 3 aromatic rings. The zero-order valence-electron chi connectivity index (χ0n) is 20.4. The number of amides is 2. The van der Waals surface area contributed by atoms with Crippen molar-refractivity contribution in [1.29, 1.82) is 0 Å². The molecule has 5 rings (SSSR count). The number of allylic oxidation sites excluding steroid dienone is 1. The molecule has 0 spiro atoms. The number of oxime groups is 1. The predicted molar refractivity (Wildman–Crippen MR) is 143 cm³/mol. The van der Waals surface area contributed by atoms with Crippen molar-refractivity contribution in [2.45, 2.75) is 29.7 Å². The fourth-order valence-corrected chi connectivity index (χ4v) is 6.69. The van der Waals surface area contributed by atoms with E-state index in [1.807, 2.05) is 0 Å². The van der Waals surface area contributed by atoms with Crippen molar-refractivity contribution in [3.8, 4) is 0 Å². The number of hydrogen-bond acceptors (Lipinski definition) is 15. The summed E-state index contributed by atoms with van der Waals surface area (Å²) in [5, 5.41) is 33.2. The van der Waals surface area contributed by atoms with Gasteiger partial charge in [-0.25, -0.2) is 14.5 Å². The van der Waals surface area contributed by atoms with E-state index in [0.29, 0.717) is 28.7 Å². The second-order valence-corrected chi connectivity index (χ2v) is 11.1. The number of carboxylic acids is 1. The minimum Gasteiger partial charge on any atom is -0.477 e. The number of carboxylic acid groups (broad SMARTS) is 1. The van der Waals surface area contributed by atoms with Gasteiger partial charge in [0.25, 0.3) is 11.8 Å².